The molecule has 3 nitrogen and oxygen atoms in total. The lowest BCUT2D eigenvalue weighted by molar-refractivity contribution is 0.0138. The molecule has 3 atom stereocenters. The molecule has 1 fully saturated rings. The van der Waals surface area contributed by atoms with Crippen LogP contribution in [-0.4, -0.2) is 45.6 Å². The molecular weight excluding hydrogens is 316 g/mol. The van der Waals surface area contributed by atoms with Gasteiger partial charge in [0.05, 0.1) is 6.10 Å². The molecule has 0 spiro atoms. The Labute approximate surface area is 151 Å². The van der Waals surface area contributed by atoms with Crippen LogP contribution in [0.15, 0.2) is 0 Å². The molecular formula is C20H32N2OS. The average Bonchev–Trinajstić information content (AvgIpc) is 2.82. The standard InChI is InChI=1S/C20H32N2OS/c1-6-14-12(2)21-16-9-13-7-8-22(11-17(23)20(3,4)5)10-15(13)19(24)18(14)16/h13,15,17,21,23H,6-11H2,1-5H3. The van der Waals surface area contributed by atoms with Gasteiger partial charge in [-0.25, -0.2) is 0 Å². The first-order chi connectivity index (χ1) is 11.2. The number of likely N-dealkylation sites (tertiary alicyclic amines) is 1. The smallest absolute Gasteiger partial charge is 0.0715 e. The van der Waals surface area contributed by atoms with Crippen molar-refractivity contribution < 1.29 is 5.11 Å². The number of hydrogen-bond donors (Lipinski definition) is 2. The van der Waals surface area contributed by atoms with Crippen LogP contribution in [-0.2, 0) is 12.8 Å². The Bertz CT molecular complexity index is 628. The van der Waals surface area contributed by atoms with Gasteiger partial charge in [-0.2, -0.15) is 0 Å². The number of thiocarbonyl (C=S) groups is 1. The van der Waals surface area contributed by atoms with Crippen molar-refractivity contribution >= 4 is 17.1 Å². The Morgan fingerprint density at radius 2 is 2.08 bits per heavy atom. The van der Waals surface area contributed by atoms with Gasteiger partial charge in [0.2, 0.25) is 0 Å². The first-order valence-electron chi connectivity index (χ1n) is 9.37. The second kappa shape index (κ2) is 6.54. The van der Waals surface area contributed by atoms with E-state index < -0.39 is 0 Å². The molecule has 24 heavy (non-hydrogen) atoms. The number of aromatic nitrogens is 1. The number of fused-ring (bicyclic) bond motifs is 2. The SMILES string of the molecule is CCc1c(C)[nH]c2c1C(=S)C1CN(CC(O)C(C)(C)C)CCC1C2. The van der Waals surface area contributed by atoms with Crippen molar-refractivity contribution in [1.82, 2.24) is 9.88 Å². The third-order valence-electron chi connectivity index (χ3n) is 6.07. The van der Waals surface area contributed by atoms with Gasteiger partial charge in [-0.05, 0) is 49.6 Å². The number of aromatic amines is 1. The normalized spacial score (nSPS) is 26.2. The summed E-state index contributed by atoms with van der Waals surface area (Å²) in [5.41, 5.74) is 5.37. The number of nitrogens with one attached hydrogen (secondary N) is 1. The molecule has 3 unspecified atom stereocenters. The summed E-state index contributed by atoms with van der Waals surface area (Å²) in [5, 5.41) is 10.5. The van der Waals surface area contributed by atoms with Crippen molar-refractivity contribution in [3.8, 4) is 0 Å². The van der Waals surface area contributed by atoms with Crippen LogP contribution < -0.4 is 0 Å². The van der Waals surface area contributed by atoms with E-state index in [1.54, 1.807) is 0 Å². The highest BCUT2D eigenvalue weighted by Crippen LogP contribution is 2.39. The summed E-state index contributed by atoms with van der Waals surface area (Å²) in [6, 6.07) is 0. The van der Waals surface area contributed by atoms with Crippen molar-refractivity contribution in [2.24, 2.45) is 17.3 Å². The lowest BCUT2D eigenvalue weighted by atomic mass is 9.73. The van der Waals surface area contributed by atoms with Crippen LogP contribution >= 0.6 is 12.2 Å². The molecule has 1 aromatic heterocycles. The summed E-state index contributed by atoms with van der Waals surface area (Å²) < 4.78 is 0. The maximum absolute atomic E-state index is 10.5. The Morgan fingerprint density at radius 1 is 1.38 bits per heavy atom. The fourth-order valence-electron chi connectivity index (χ4n) is 4.37. The minimum Gasteiger partial charge on any atom is -0.391 e. The Kier molecular flexibility index (Phi) is 4.93. The Morgan fingerprint density at radius 3 is 2.71 bits per heavy atom. The molecule has 1 saturated heterocycles. The van der Waals surface area contributed by atoms with Crippen molar-refractivity contribution in [3.05, 3.63) is 22.5 Å². The summed E-state index contributed by atoms with van der Waals surface area (Å²) in [6.07, 6.45) is 3.07. The molecule has 0 saturated carbocycles. The van der Waals surface area contributed by atoms with Gasteiger partial charge in [0.1, 0.15) is 0 Å². The van der Waals surface area contributed by atoms with Crippen LogP contribution in [0, 0.1) is 24.2 Å². The molecule has 2 heterocycles. The number of aliphatic hydroxyl groups is 1. The van der Waals surface area contributed by atoms with Gasteiger partial charge >= 0.3 is 0 Å². The molecule has 134 valence electrons. The quantitative estimate of drug-likeness (QED) is 0.821. The van der Waals surface area contributed by atoms with E-state index in [1.807, 2.05) is 0 Å². The van der Waals surface area contributed by atoms with E-state index in [0.29, 0.717) is 11.8 Å². The highest BCUT2D eigenvalue weighted by molar-refractivity contribution is 7.80. The molecule has 0 amide bonds. The molecule has 0 radical (unpaired) electrons. The van der Waals surface area contributed by atoms with Crippen LogP contribution in [0.5, 0.6) is 0 Å². The van der Waals surface area contributed by atoms with Gasteiger partial charge in [-0.15, -0.1) is 0 Å². The third kappa shape index (κ3) is 3.21. The van der Waals surface area contributed by atoms with E-state index in [2.05, 4.69) is 44.5 Å². The molecule has 0 aromatic carbocycles. The van der Waals surface area contributed by atoms with Gasteiger partial charge in [0.25, 0.3) is 0 Å². The molecule has 1 aliphatic heterocycles. The van der Waals surface area contributed by atoms with E-state index in [9.17, 15) is 5.11 Å². The monoisotopic (exact) mass is 348 g/mol. The third-order valence-corrected chi connectivity index (χ3v) is 6.58. The van der Waals surface area contributed by atoms with E-state index in [4.69, 9.17) is 12.2 Å². The first kappa shape index (κ1) is 18.1. The zero-order valence-electron chi connectivity index (χ0n) is 15.8. The zero-order valence-corrected chi connectivity index (χ0v) is 16.6. The van der Waals surface area contributed by atoms with Crippen LogP contribution in [0.25, 0.3) is 0 Å². The summed E-state index contributed by atoms with van der Waals surface area (Å²) in [6.45, 7) is 13.6. The van der Waals surface area contributed by atoms with E-state index in [0.717, 1.165) is 37.3 Å². The number of H-pyrrole nitrogens is 1. The average molecular weight is 349 g/mol. The van der Waals surface area contributed by atoms with Crippen LogP contribution in [0.3, 0.4) is 0 Å². The molecule has 4 heteroatoms. The fourth-order valence-corrected chi connectivity index (χ4v) is 4.88. The predicted octanol–water partition coefficient (Wildman–Crippen LogP) is 3.50. The highest BCUT2D eigenvalue weighted by atomic mass is 32.1. The second-order valence-corrected chi connectivity index (χ2v) is 9.24. The zero-order chi connectivity index (χ0) is 17.6. The van der Waals surface area contributed by atoms with Crippen LogP contribution in [0.2, 0.25) is 0 Å². The van der Waals surface area contributed by atoms with Crippen LogP contribution in [0.4, 0.5) is 0 Å². The van der Waals surface area contributed by atoms with Gasteiger partial charge in [-0.1, -0.05) is 39.9 Å². The summed E-state index contributed by atoms with van der Waals surface area (Å²) in [5.74, 6) is 1.13. The summed E-state index contributed by atoms with van der Waals surface area (Å²) in [4.78, 5) is 7.20. The van der Waals surface area contributed by atoms with Crippen molar-refractivity contribution in [2.75, 3.05) is 19.6 Å². The lowest BCUT2D eigenvalue weighted by Crippen LogP contribution is -2.50. The maximum atomic E-state index is 10.5. The lowest BCUT2D eigenvalue weighted by Gasteiger charge is -2.43. The van der Waals surface area contributed by atoms with E-state index in [1.165, 1.54) is 28.9 Å². The number of β-amino-alcohol motifs (C(OH)–C–C–N with tert-alkyl or cyclic N) is 1. The topological polar surface area (TPSA) is 39.3 Å². The summed E-state index contributed by atoms with van der Waals surface area (Å²) >= 11 is 5.96. The van der Waals surface area contributed by atoms with Crippen LogP contribution in [0.1, 0.15) is 56.6 Å². The van der Waals surface area contributed by atoms with Gasteiger partial charge < -0.3 is 15.0 Å². The minimum atomic E-state index is -0.289. The molecule has 2 N–H and O–H groups in total. The minimum absolute atomic E-state index is 0.0653. The maximum Gasteiger partial charge on any atom is 0.0715 e. The number of hydrogen-bond acceptors (Lipinski definition) is 3. The van der Waals surface area contributed by atoms with Gasteiger partial charge in [0.15, 0.2) is 0 Å². The van der Waals surface area contributed by atoms with E-state index >= 15 is 0 Å². The van der Waals surface area contributed by atoms with Crippen molar-refractivity contribution in [3.63, 3.8) is 0 Å². The Balaban J connectivity index is 1.78. The fraction of sp³-hybridized carbons (Fsp3) is 0.750. The second-order valence-electron chi connectivity index (χ2n) is 8.80. The number of nitrogens with zero attached hydrogens (tertiary/aromatic N) is 1. The van der Waals surface area contributed by atoms with Crippen molar-refractivity contribution in [1.29, 1.82) is 0 Å². The molecule has 1 aliphatic carbocycles. The van der Waals surface area contributed by atoms with Crippen molar-refractivity contribution in [2.45, 2.75) is 60.0 Å². The number of aliphatic hydroxyl groups excluding tert-OH is 1. The molecule has 0 bridgehead atoms. The highest BCUT2D eigenvalue weighted by Gasteiger charge is 2.39. The number of aryl methyl sites for hydroxylation is 1. The van der Waals surface area contributed by atoms with E-state index in [-0.39, 0.29) is 11.5 Å². The summed E-state index contributed by atoms with van der Waals surface area (Å²) in [7, 11) is 0. The predicted molar refractivity (Wildman–Crippen MR) is 104 cm³/mol. The number of piperidine rings is 1. The van der Waals surface area contributed by atoms with Gasteiger partial charge in [-0.3, -0.25) is 0 Å². The molecule has 2 aliphatic rings. The Hall–Kier alpha value is -0.710. The molecule has 1 aromatic rings. The largest absolute Gasteiger partial charge is 0.391 e. The molecule has 3 rings (SSSR count). The van der Waals surface area contributed by atoms with Gasteiger partial charge in [0, 0.05) is 40.8 Å². The number of rotatable bonds is 3. The first-order valence-corrected chi connectivity index (χ1v) is 9.78.